The number of likely N-dealkylation sites (tertiary alicyclic amines) is 2. The van der Waals surface area contributed by atoms with Crippen LogP contribution in [0.15, 0.2) is 55.1 Å². The van der Waals surface area contributed by atoms with Crippen LogP contribution in [-0.2, 0) is 6.54 Å². The number of hydrogen-bond donors (Lipinski definition) is 1. The Morgan fingerprint density at radius 2 is 1.77 bits per heavy atom. The van der Waals surface area contributed by atoms with Crippen molar-refractivity contribution in [2.75, 3.05) is 32.7 Å². The first kappa shape index (κ1) is 24.1. The molecule has 35 heavy (non-hydrogen) atoms. The zero-order valence-electron chi connectivity index (χ0n) is 20.9. The second-order valence-electron chi connectivity index (χ2n) is 10.5. The van der Waals surface area contributed by atoms with Gasteiger partial charge >= 0.3 is 0 Å². The van der Waals surface area contributed by atoms with Gasteiger partial charge in [-0.3, -0.25) is 14.6 Å². The molecule has 2 aromatic carbocycles. The molecule has 0 aliphatic carbocycles. The Balaban J connectivity index is 1.45. The molecule has 2 unspecified atom stereocenters. The van der Waals surface area contributed by atoms with Gasteiger partial charge < -0.3 is 10.0 Å². The van der Waals surface area contributed by atoms with Crippen LogP contribution in [0, 0.1) is 0 Å². The minimum absolute atomic E-state index is 0.134. The topological polar surface area (TPSA) is 47.0 Å². The maximum absolute atomic E-state index is 13.4. The van der Waals surface area contributed by atoms with Gasteiger partial charge in [-0.2, -0.15) is 0 Å². The van der Waals surface area contributed by atoms with Crippen LogP contribution in [0.5, 0.6) is 5.75 Å². The molecule has 0 radical (unpaired) electrons. The number of benzene rings is 2. The SMILES string of the molecule is C=CCN1CCC2CCC(C1)N2Cc1ccc(C(=O)N2CCCCCC2)cc1-c1cccc(O)c1. The molecule has 3 heterocycles. The minimum atomic E-state index is 0.134. The third kappa shape index (κ3) is 5.46. The first-order valence-electron chi connectivity index (χ1n) is 13.4. The Hall–Kier alpha value is -2.63. The van der Waals surface area contributed by atoms with E-state index >= 15 is 0 Å². The number of aromatic hydroxyl groups is 1. The number of fused-ring (bicyclic) bond motifs is 2. The van der Waals surface area contributed by atoms with Crippen molar-refractivity contribution in [3.8, 4) is 16.9 Å². The zero-order valence-corrected chi connectivity index (χ0v) is 20.9. The quantitative estimate of drug-likeness (QED) is 0.579. The Morgan fingerprint density at radius 1 is 0.971 bits per heavy atom. The van der Waals surface area contributed by atoms with Crippen LogP contribution in [0.25, 0.3) is 11.1 Å². The molecule has 5 rings (SSSR count). The average molecular weight is 474 g/mol. The Kier molecular flexibility index (Phi) is 7.54. The van der Waals surface area contributed by atoms with E-state index in [1.807, 2.05) is 35.2 Å². The third-order valence-electron chi connectivity index (χ3n) is 8.17. The molecule has 3 saturated heterocycles. The fraction of sp³-hybridized carbons (Fsp3) is 0.500. The number of rotatable bonds is 6. The molecule has 5 heteroatoms. The lowest BCUT2D eigenvalue weighted by Crippen LogP contribution is -2.38. The predicted octanol–water partition coefficient (Wildman–Crippen LogP) is 5.30. The summed E-state index contributed by atoms with van der Waals surface area (Å²) in [5, 5.41) is 10.2. The van der Waals surface area contributed by atoms with Crippen LogP contribution < -0.4 is 0 Å². The van der Waals surface area contributed by atoms with E-state index in [0.717, 1.165) is 68.8 Å². The van der Waals surface area contributed by atoms with Crippen molar-refractivity contribution >= 4 is 5.91 Å². The number of phenolic OH excluding ortho intramolecular Hbond substituents is 1. The van der Waals surface area contributed by atoms with Gasteiger partial charge in [-0.15, -0.1) is 6.58 Å². The molecule has 3 aliphatic heterocycles. The molecule has 0 saturated carbocycles. The smallest absolute Gasteiger partial charge is 0.253 e. The summed E-state index contributed by atoms with van der Waals surface area (Å²) in [4.78, 5) is 20.7. The molecule has 1 N–H and O–H groups in total. The van der Waals surface area contributed by atoms with Gasteiger partial charge in [0.25, 0.3) is 5.91 Å². The highest BCUT2D eigenvalue weighted by atomic mass is 16.3. The maximum Gasteiger partial charge on any atom is 0.253 e. The molecule has 0 aromatic heterocycles. The molecule has 3 aliphatic rings. The normalized spacial score (nSPS) is 23.6. The number of carbonyl (C=O) groups is 1. The second kappa shape index (κ2) is 11.0. The van der Waals surface area contributed by atoms with Gasteiger partial charge in [-0.25, -0.2) is 0 Å². The van der Waals surface area contributed by atoms with E-state index in [9.17, 15) is 9.90 Å². The van der Waals surface area contributed by atoms with Crippen LogP contribution in [-0.4, -0.2) is 70.5 Å². The van der Waals surface area contributed by atoms with Gasteiger partial charge in [-0.05, 0) is 73.1 Å². The highest BCUT2D eigenvalue weighted by Crippen LogP contribution is 2.35. The molecule has 2 atom stereocenters. The lowest BCUT2D eigenvalue weighted by Gasteiger charge is -2.30. The average Bonchev–Trinajstić information content (AvgIpc) is 3.01. The minimum Gasteiger partial charge on any atom is -0.508 e. The van der Waals surface area contributed by atoms with Gasteiger partial charge in [0.2, 0.25) is 0 Å². The van der Waals surface area contributed by atoms with E-state index in [-0.39, 0.29) is 11.7 Å². The summed E-state index contributed by atoms with van der Waals surface area (Å²) in [7, 11) is 0. The first-order chi connectivity index (χ1) is 17.1. The van der Waals surface area contributed by atoms with Crippen LogP contribution in [0.2, 0.25) is 0 Å². The fourth-order valence-electron chi connectivity index (χ4n) is 6.29. The van der Waals surface area contributed by atoms with Crippen molar-refractivity contribution in [1.82, 2.24) is 14.7 Å². The largest absolute Gasteiger partial charge is 0.508 e. The lowest BCUT2D eigenvalue weighted by atomic mass is 9.95. The Bertz CT molecular complexity index is 1040. The van der Waals surface area contributed by atoms with Crippen molar-refractivity contribution in [1.29, 1.82) is 0 Å². The lowest BCUT2D eigenvalue weighted by molar-refractivity contribution is 0.0761. The van der Waals surface area contributed by atoms with Gasteiger partial charge in [0.15, 0.2) is 0 Å². The number of hydrogen-bond acceptors (Lipinski definition) is 4. The van der Waals surface area contributed by atoms with Crippen LogP contribution >= 0.6 is 0 Å². The molecular formula is C30H39N3O2. The highest BCUT2D eigenvalue weighted by Gasteiger charge is 2.37. The summed E-state index contributed by atoms with van der Waals surface area (Å²) < 4.78 is 0. The van der Waals surface area contributed by atoms with E-state index in [2.05, 4.69) is 28.5 Å². The number of carbonyl (C=O) groups excluding carboxylic acids is 1. The summed E-state index contributed by atoms with van der Waals surface area (Å²) in [6.45, 7) is 9.69. The Morgan fingerprint density at radius 3 is 2.54 bits per heavy atom. The van der Waals surface area contributed by atoms with Crippen molar-refractivity contribution in [3.63, 3.8) is 0 Å². The standard InChI is InChI=1S/C30H39N3O2/c1-2-15-31-18-14-26-12-13-27(22-31)33(26)21-25-11-10-24(30(35)32-16-5-3-4-6-17-32)20-29(25)23-8-7-9-28(34)19-23/h2,7-11,19-20,26-27,34H,1,3-6,12-18,21-22H2. The molecule has 1 amide bonds. The van der Waals surface area contributed by atoms with Crippen molar-refractivity contribution < 1.29 is 9.90 Å². The van der Waals surface area contributed by atoms with Crippen molar-refractivity contribution in [2.24, 2.45) is 0 Å². The molecule has 186 valence electrons. The summed E-state index contributed by atoms with van der Waals surface area (Å²) in [6, 6.07) is 14.9. The van der Waals surface area contributed by atoms with E-state index < -0.39 is 0 Å². The maximum atomic E-state index is 13.4. The summed E-state index contributed by atoms with van der Waals surface area (Å²) in [5.74, 6) is 0.391. The fourth-order valence-corrected chi connectivity index (χ4v) is 6.29. The third-order valence-corrected chi connectivity index (χ3v) is 8.17. The van der Waals surface area contributed by atoms with Crippen molar-refractivity contribution in [3.05, 3.63) is 66.2 Å². The molecule has 2 bridgehead atoms. The zero-order chi connectivity index (χ0) is 24.2. The highest BCUT2D eigenvalue weighted by molar-refractivity contribution is 5.96. The van der Waals surface area contributed by atoms with E-state index in [1.165, 1.54) is 37.7 Å². The molecule has 2 aromatic rings. The van der Waals surface area contributed by atoms with Gasteiger partial charge in [-0.1, -0.05) is 37.1 Å². The van der Waals surface area contributed by atoms with Crippen LogP contribution in [0.3, 0.4) is 0 Å². The van der Waals surface area contributed by atoms with Gasteiger partial charge in [0.1, 0.15) is 5.75 Å². The first-order valence-corrected chi connectivity index (χ1v) is 13.4. The molecule has 5 nitrogen and oxygen atoms in total. The van der Waals surface area contributed by atoms with Crippen LogP contribution in [0.1, 0.15) is 60.9 Å². The van der Waals surface area contributed by atoms with Gasteiger partial charge in [0.05, 0.1) is 0 Å². The predicted molar refractivity (Wildman–Crippen MR) is 142 cm³/mol. The van der Waals surface area contributed by atoms with Gasteiger partial charge in [0, 0.05) is 56.9 Å². The summed E-state index contributed by atoms with van der Waals surface area (Å²) >= 11 is 0. The molecule has 3 fully saturated rings. The van der Waals surface area contributed by atoms with E-state index in [0.29, 0.717) is 12.1 Å². The van der Waals surface area contributed by atoms with E-state index in [4.69, 9.17) is 0 Å². The molecular weight excluding hydrogens is 434 g/mol. The van der Waals surface area contributed by atoms with E-state index in [1.54, 1.807) is 6.07 Å². The Labute approximate surface area is 210 Å². The number of nitrogens with zero attached hydrogens (tertiary/aromatic N) is 3. The number of amides is 1. The summed E-state index contributed by atoms with van der Waals surface area (Å²) in [6.07, 6.45) is 10.3. The van der Waals surface area contributed by atoms with Crippen LogP contribution in [0.4, 0.5) is 0 Å². The summed E-state index contributed by atoms with van der Waals surface area (Å²) in [5.41, 5.74) is 4.02. The number of phenols is 1. The monoisotopic (exact) mass is 473 g/mol. The second-order valence-corrected chi connectivity index (χ2v) is 10.5. The van der Waals surface area contributed by atoms with Crippen molar-refractivity contribution in [2.45, 2.75) is 63.6 Å². The molecule has 0 spiro atoms.